The quantitative estimate of drug-likeness (QED) is 0.779. The predicted octanol–water partition coefficient (Wildman–Crippen LogP) is 2.22. The third-order valence-corrected chi connectivity index (χ3v) is 7.20. The Kier molecular flexibility index (Phi) is 6.23. The molecule has 1 unspecified atom stereocenters. The summed E-state index contributed by atoms with van der Waals surface area (Å²) in [6.45, 7) is 2.57. The molecule has 2 aromatic rings. The second kappa shape index (κ2) is 8.53. The van der Waals surface area contributed by atoms with Crippen LogP contribution in [0.3, 0.4) is 0 Å². The minimum atomic E-state index is -4.14. The van der Waals surface area contributed by atoms with Crippen molar-refractivity contribution < 1.29 is 27.5 Å². The van der Waals surface area contributed by atoms with Crippen molar-refractivity contribution in [3.05, 3.63) is 65.0 Å². The highest BCUT2D eigenvalue weighted by atomic mass is 32.2. The summed E-state index contributed by atoms with van der Waals surface area (Å²) in [5.74, 6) is -1.93. The smallest absolute Gasteiger partial charge is 0.326 e. The second-order valence-corrected chi connectivity index (χ2v) is 9.25. The number of fused-ring (bicyclic) bond motifs is 1. The third-order valence-electron chi connectivity index (χ3n) is 5.39. The van der Waals surface area contributed by atoms with Crippen LogP contribution in [-0.4, -0.2) is 54.7 Å². The van der Waals surface area contributed by atoms with Crippen molar-refractivity contribution in [1.29, 1.82) is 0 Å². The summed E-state index contributed by atoms with van der Waals surface area (Å²) in [6.07, 6.45) is 1.14. The van der Waals surface area contributed by atoms with E-state index in [0.717, 1.165) is 27.6 Å². The lowest BCUT2D eigenvalue weighted by Gasteiger charge is -2.25. The molecule has 160 valence electrons. The monoisotopic (exact) mass is 434 g/mol. The van der Waals surface area contributed by atoms with Gasteiger partial charge in [0, 0.05) is 27.1 Å². The Hall–Kier alpha value is -2.78. The normalized spacial score (nSPS) is 15.4. The number of benzene rings is 2. The zero-order chi connectivity index (χ0) is 22.1. The number of likely N-dealkylation sites (N-methyl/N-ethyl adjacent to an activating group) is 1. The lowest BCUT2D eigenvalue weighted by Crippen LogP contribution is -2.36. The molecule has 0 fully saturated rings. The maximum Gasteiger partial charge on any atom is 0.326 e. The van der Waals surface area contributed by atoms with Crippen LogP contribution in [-0.2, 0) is 32.5 Å². The van der Waals surface area contributed by atoms with Gasteiger partial charge in [0.25, 0.3) is 0 Å². The van der Waals surface area contributed by atoms with E-state index in [9.17, 15) is 27.5 Å². The first kappa shape index (κ1) is 21.9. The van der Waals surface area contributed by atoms with Gasteiger partial charge in [-0.25, -0.2) is 12.8 Å². The number of carbonyl (C=O) groups excluding carboxylic acids is 1. The highest BCUT2D eigenvalue weighted by Gasteiger charge is 2.34. The number of sulfonamides is 1. The fourth-order valence-corrected chi connectivity index (χ4v) is 4.99. The molecular weight excluding hydrogens is 411 g/mol. The third kappa shape index (κ3) is 4.36. The number of carboxylic acid groups (broad SMARTS) is 1. The van der Waals surface area contributed by atoms with E-state index in [4.69, 9.17) is 0 Å². The van der Waals surface area contributed by atoms with Crippen molar-refractivity contribution in [2.24, 2.45) is 0 Å². The Morgan fingerprint density at radius 1 is 1.07 bits per heavy atom. The maximum atomic E-state index is 13.2. The van der Waals surface area contributed by atoms with Crippen molar-refractivity contribution in [3.63, 3.8) is 0 Å². The van der Waals surface area contributed by atoms with Crippen LogP contribution < -0.4 is 0 Å². The van der Waals surface area contributed by atoms with E-state index in [2.05, 4.69) is 0 Å². The number of nitrogens with zero attached hydrogens (tertiary/aromatic N) is 2. The summed E-state index contributed by atoms with van der Waals surface area (Å²) in [5, 5.41) is 9.65. The minimum absolute atomic E-state index is 0.0200. The molecule has 1 aliphatic rings. The molecule has 9 heteroatoms. The molecule has 1 N–H and O–H groups in total. The van der Waals surface area contributed by atoms with Crippen molar-refractivity contribution in [2.45, 2.75) is 30.7 Å². The van der Waals surface area contributed by atoms with Crippen LogP contribution in [0.5, 0.6) is 0 Å². The predicted molar refractivity (Wildman–Crippen MR) is 108 cm³/mol. The largest absolute Gasteiger partial charge is 0.480 e. The van der Waals surface area contributed by atoms with Crippen molar-refractivity contribution in [3.8, 4) is 0 Å². The van der Waals surface area contributed by atoms with Gasteiger partial charge in [-0.05, 0) is 53.8 Å². The number of amides is 1. The van der Waals surface area contributed by atoms with E-state index in [0.29, 0.717) is 25.9 Å². The van der Waals surface area contributed by atoms with Gasteiger partial charge in [0.05, 0.1) is 4.90 Å². The zero-order valence-corrected chi connectivity index (χ0v) is 17.5. The Balaban J connectivity index is 1.94. The highest BCUT2D eigenvalue weighted by Crippen LogP contribution is 2.28. The fourth-order valence-electron chi connectivity index (χ4n) is 3.64. The molecule has 0 bridgehead atoms. The van der Waals surface area contributed by atoms with E-state index >= 15 is 0 Å². The van der Waals surface area contributed by atoms with Gasteiger partial charge in [0.15, 0.2) is 0 Å². The summed E-state index contributed by atoms with van der Waals surface area (Å²) in [7, 11) is -2.94. The van der Waals surface area contributed by atoms with Crippen LogP contribution in [0.1, 0.15) is 29.7 Å². The van der Waals surface area contributed by atoms with Gasteiger partial charge in [-0.15, -0.1) is 0 Å². The first-order valence-corrected chi connectivity index (χ1v) is 10.9. The first-order chi connectivity index (χ1) is 14.1. The summed E-state index contributed by atoms with van der Waals surface area (Å²) in [5.41, 5.74) is 1.94. The summed E-state index contributed by atoms with van der Waals surface area (Å²) in [4.78, 5) is 25.2. The molecule has 30 heavy (non-hydrogen) atoms. The topological polar surface area (TPSA) is 95.0 Å². The van der Waals surface area contributed by atoms with Crippen LogP contribution in [0.2, 0.25) is 0 Å². The summed E-state index contributed by atoms with van der Waals surface area (Å²) >= 11 is 0. The number of hydrogen-bond acceptors (Lipinski definition) is 4. The van der Waals surface area contributed by atoms with E-state index in [1.165, 1.54) is 32.2 Å². The SMILES string of the molecule is CC(=O)N1CCc2ccc(S(=O)(=O)N(C)C(C(=O)O)c3ccc(F)cc3)cc2CC1. The van der Waals surface area contributed by atoms with Crippen LogP contribution in [0.15, 0.2) is 47.4 Å². The van der Waals surface area contributed by atoms with Crippen LogP contribution in [0.4, 0.5) is 4.39 Å². The van der Waals surface area contributed by atoms with Gasteiger partial charge in [0.2, 0.25) is 15.9 Å². The second-order valence-electron chi connectivity index (χ2n) is 7.25. The molecule has 0 aliphatic carbocycles. The van der Waals surface area contributed by atoms with E-state index in [1.807, 2.05) is 0 Å². The summed E-state index contributed by atoms with van der Waals surface area (Å²) in [6, 6.07) is 7.92. The molecule has 1 amide bonds. The van der Waals surface area contributed by atoms with Crippen LogP contribution in [0, 0.1) is 5.82 Å². The maximum absolute atomic E-state index is 13.2. The number of rotatable bonds is 5. The molecule has 0 saturated carbocycles. The average molecular weight is 434 g/mol. The standard InChI is InChI=1S/C21H23FN2O5S/c1-14(25)24-11-9-15-5-8-19(13-17(15)10-12-24)30(28,29)23(2)20(21(26)27)16-3-6-18(22)7-4-16/h3-8,13,20H,9-12H2,1-2H3,(H,26,27). The molecule has 0 aromatic heterocycles. The van der Waals surface area contributed by atoms with Crippen molar-refractivity contribution >= 4 is 21.9 Å². The molecule has 1 atom stereocenters. The van der Waals surface area contributed by atoms with E-state index in [-0.39, 0.29) is 16.4 Å². The number of hydrogen-bond donors (Lipinski definition) is 1. The number of aliphatic carboxylic acids is 1. The Morgan fingerprint density at radius 3 is 2.23 bits per heavy atom. The molecule has 7 nitrogen and oxygen atoms in total. The van der Waals surface area contributed by atoms with Gasteiger partial charge in [0.1, 0.15) is 11.9 Å². The number of carboxylic acids is 1. The fraction of sp³-hybridized carbons (Fsp3) is 0.333. The van der Waals surface area contributed by atoms with Gasteiger partial charge < -0.3 is 10.0 Å². The van der Waals surface area contributed by atoms with Crippen LogP contribution >= 0.6 is 0 Å². The van der Waals surface area contributed by atoms with Gasteiger partial charge in [-0.2, -0.15) is 4.31 Å². The van der Waals surface area contributed by atoms with Gasteiger partial charge in [-0.3, -0.25) is 9.59 Å². The first-order valence-electron chi connectivity index (χ1n) is 9.45. The molecule has 0 radical (unpaired) electrons. The summed E-state index contributed by atoms with van der Waals surface area (Å²) < 4.78 is 40.4. The van der Waals surface area contributed by atoms with Gasteiger partial charge in [-0.1, -0.05) is 18.2 Å². The highest BCUT2D eigenvalue weighted by molar-refractivity contribution is 7.89. The van der Waals surface area contributed by atoms with Gasteiger partial charge >= 0.3 is 5.97 Å². The molecule has 2 aromatic carbocycles. The molecule has 0 saturated heterocycles. The lowest BCUT2D eigenvalue weighted by atomic mass is 10.0. The van der Waals surface area contributed by atoms with E-state index < -0.39 is 27.9 Å². The minimum Gasteiger partial charge on any atom is -0.480 e. The van der Waals surface area contributed by atoms with Crippen LogP contribution in [0.25, 0.3) is 0 Å². The molecular formula is C21H23FN2O5S. The Labute approximate surface area is 174 Å². The van der Waals surface area contributed by atoms with Crippen molar-refractivity contribution in [2.75, 3.05) is 20.1 Å². The number of carbonyl (C=O) groups is 2. The molecule has 1 aliphatic heterocycles. The number of halogens is 1. The van der Waals surface area contributed by atoms with E-state index in [1.54, 1.807) is 17.0 Å². The Morgan fingerprint density at radius 2 is 1.67 bits per heavy atom. The zero-order valence-electron chi connectivity index (χ0n) is 16.7. The Bertz CT molecular complexity index is 1070. The lowest BCUT2D eigenvalue weighted by molar-refractivity contribution is -0.141. The molecule has 3 rings (SSSR count). The molecule has 0 spiro atoms. The average Bonchev–Trinajstić information content (AvgIpc) is 2.91. The van der Waals surface area contributed by atoms with Crippen molar-refractivity contribution in [1.82, 2.24) is 9.21 Å². The molecule has 1 heterocycles.